The lowest BCUT2D eigenvalue weighted by Gasteiger charge is -2.25. The average Bonchev–Trinajstić information content (AvgIpc) is 3.10. The Bertz CT molecular complexity index is 427. The van der Waals surface area contributed by atoms with E-state index in [2.05, 4.69) is 11.8 Å². The number of carboxylic acid groups (broad SMARTS) is 1. The Labute approximate surface area is 101 Å². The Balaban J connectivity index is 2.37. The summed E-state index contributed by atoms with van der Waals surface area (Å²) in [6.45, 7) is 3.00. The fraction of sp³-hybridized carbons (Fsp3) is 0.462. The van der Waals surface area contributed by atoms with E-state index in [1.807, 2.05) is 6.07 Å². The normalized spacial score (nSPS) is 14.6. The lowest BCUT2D eigenvalue weighted by molar-refractivity contribution is 0.0697. The number of hydrogen-bond donors (Lipinski definition) is 2. The highest BCUT2D eigenvalue weighted by atomic mass is 16.4. The molecule has 4 heteroatoms. The maximum Gasteiger partial charge on any atom is 0.337 e. The summed E-state index contributed by atoms with van der Waals surface area (Å²) in [5.41, 5.74) is 7.26. The van der Waals surface area contributed by atoms with Crippen LogP contribution in [0.4, 0.5) is 11.4 Å². The van der Waals surface area contributed by atoms with Gasteiger partial charge < -0.3 is 15.7 Å². The van der Waals surface area contributed by atoms with Crippen LogP contribution in [0.1, 0.15) is 36.5 Å². The molecule has 0 aromatic heterocycles. The second-order valence-electron chi connectivity index (χ2n) is 4.51. The predicted molar refractivity (Wildman–Crippen MR) is 68.5 cm³/mol. The zero-order chi connectivity index (χ0) is 12.4. The molecule has 1 aliphatic rings. The number of aromatic carboxylic acids is 1. The third-order valence-corrected chi connectivity index (χ3v) is 3.01. The Morgan fingerprint density at radius 2 is 2.24 bits per heavy atom. The average molecular weight is 234 g/mol. The van der Waals surface area contributed by atoms with Crippen LogP contribution in [0.5, 0.6) is 0 Å². The smallest absolute Gasteiger partial charge is 0.337 e. The van der Waals surface area contributed by atoms with Gasteiger partial charge in [0, 0.05) is 18.3 Å². The van der Waals surface area contributed by atoms with Crippen molar-refractivity contribution >= 4 is 17.3 Å². The van der Waals surface area contributed by atoms with Crippen LogP contribution >= 0.6 is 0 Å². The number of anilines is 2. The quantitative estimate of drug-likeness (QED) is 0.767. The first-order valence-electron chi connectivity index (χ1n) is 6.03. The predicted octanol–water partition coefficient (Wildman–Crippen LogP) is 2.35. The molecule has 0 spiro atoms. The first-order valence-corrected chi connectivity index (χ1v) is 6.03. The van der Waals surface area contributed by atoms with Gasteiger partial charge >= 0.3 is 5.97 Å². The largest absolute Gasteiger partial charge is 0.478 e. The second-order valence-corrected chi connectivity index (χ2v) is 4.51. The van der Waals surface area contributed by atoms with Crippen molar-refractivity contribution in [2.45, 2.75) is 32.2 Å². The molecule has 0 amide bonds. The van der Waals surface area contributed by atoms with Gasteiger partial charge in [-0.15, -0.1) is 0 Å². The molecule has 0 bridgehead atoms. The number of benzene rings is 1. The molecule has 1 aromatic rings. The van der Waals surface area contributed by atoms with E-state index in [9.17, 15) is 9.90 Å². The van der Waals surface area contributed by atoms with Crippen molar-refractivity contribution in [1.29, 1.82) is 0 Å². The van der Waals surface area contributed by atoms with E-state index in [0.29, 0.717) is 17.3 Å². The summed E-state index contributed by atoms with van der Waals surface area (Å²) in [6.07, 6.45) is 3.33. The van der Waals surface area contributed by atoms with Crippen LogP contribution in [0.2, 0.25) is 0 Å². The first kappa shape index (κ1) is 11.8. The molecular formula is C13H18N2O2. The second kappa shape index (κ2) is 4.65. The van der Waals surface area contributed by atoms with Gasteiger partial charge in [0.1, 0.15) is 0 Å². The molecule has 92 valence electrons. The number of nitrogen functional groups attached to an aromatic ring is 1. The number of rotatable bonds is 5. The molecule has 1 fully saturated rings. The van der Waals surface area contributed by atoms with Crippen molar-refractivity contribution in [3.63, 3.8) is 0 Å². The summed E-state index contributed by atoms with van der Waals surface area (Å²) in [7, 11) is 0. The SMILES string of the molecule is CCCN(c1ccc(N)cc1C(=O)O)C1CC1. The summed E-state index contributed by atoms with van der Waals surface area (Å²) >= 11 is 0. The van der Waals surface area contributed by atoms with E-state index in [4.69, 9.17) is 5.73 Å². The Kier molecular flexibility index (Phi) is 3.22. The van der Waals surface area contributed by atoms with E-state index >= 15 is 0 Å². The van der Waals surface area contributed by atoms with Gasteiger partial charge in [0.25, 0.3) is 0 Å². The fourth-order valence-corrected chi connectivity index (χ4v) is 2.10. The summed E-state index contributed by atoms with van der Waals surface area (Å²) in [5.74, 6) is -0.908. The summed E-state index contributed by atoms with van der Waals surface area (Å²) in [5, 5.41) is 9.23. The van der Waals surface area contributed by atoms with Crippen LogP contribution in [-0.4, -0.2) is 23.7 Å². The van der Waals surface area contributed by atoms with Gasteiger partial charge in [-0.2, -0.15) is 0 Å². The van der Waals surface area contributed by atoms with Crippen LogP contribution in [0, 0.1) is 0 Å². The molecule has 2 rings (SSSR count). The zero-order valence-corrected chi connectivity index (χ0v) is 10.0. The van der Waals surface area contributed by atoms with Crippen molar-refractivity contribution in [2.75, 3.05) is 17.2 Å². The van der Waals surface area contributed by atoms with Gasteiger partial charge in [0.15, 0.2) is 0 Å². The number of nitrogens with two attached hydrogens (primary N) is 1. The van der Waals surface area contributed by atoms with Gasteiger partial charge in [-0.1, -0.05) is 6.92 Å². The molecular weight excluding hydrogens is 216 g/mol. The maximum atomic E-state index is 11.2. The van der Waals surface area contributed by atoms with Crippen molar-refractivity contribution in [3.05, 3.63) is 23.8 Å². The van der Waals surface area contributed by atoms with Gasteiger partial charge in [0.05, 0.1) is 11.3 Å². The minimum absolute atomic E-state index is 0.311. The van der Waals surface area contributed by atoms with E-state index in [0.717, 1.165) is 31.5 Å². The third-order valence-electron chi connectivity index (χ3n) is 3.01. The summed E-state index contributed by atoms with van der Waals surface area (Å²) in [6, 6.07) is 5.65. The Morgan fingerprint density at radius 1 is 1.53 bits per heavy atom. The highest BCUT2D eigenvalue weighted by molar-refractivity contribution is 5.95. The number of hydrogen-bond acceptors (Lipinski definition) is 3. The first-order chi connectivity index (χ1) is 8.13. The van der Waals surface area contributed by atoms with Crippen molar-refractivity contribution in [2.24, 2.45) is 0 Å². The number of carboxylic acids is 1. The minimum Gasteiger partial charge on any atom is -0.478 e. The van der Waals surface area contributed by atoms with Crippen molar-refractivity contribution in [3.8, 4) is 0 Å². The summed E-state index contributed by atoms with van der Waals surface area (Å²) in [4.78, 5) is 13.4. The van der Waals surface area contributed by atoms with Crippen LogP contribution in [-0.2, 0) is 0 Å². The molecule has 0 atom stereocenters. The highest BCUT2D eigenvalue weighted by Crippen LogP contribution is 2.34. The topological polar surface area (TPSA) is 66.6 Å². The van der Waals surface area contributed by atoms with Crippen molar-refractivity contribution in [1.82, 2.24) is 0 Å². The van der Waals surface area contributed by atoms with Crippen LogP contribution in [0.25, 0.3) is 0 Å². The third kappa shape index (κ3) is 2.52. The Hall–Kier alpha value is -1.71. The standard InChI is InChI=1S/C13H18N2O2/c1-2-7-15(10-4-5-10)12-6-3-9(14)8-11(12)13(16)17/h3,6,8,10H,2,4-5,7,14H2,1H3,(H,16,17). The Morgan fingerprint density at radius 3 is 2.76 bits per heavy atom. The van der Waals surface area contributed by atoms with Gasteiger partial charge in [0.2, 0.25) is 0 Å². The molecule has 0 radical (unpaired) electrons. The van der Waals surface area contributed by atoms with E-state index in [1.165, 1.54) is 0 Å². The molecule has 1 saturated carbocycles. The molecule has 0 unspecified atom stereocenters. The van der Waals surface area contributed by atoms with Crippen LogP contribution in [0.3, 0.4) is 0 Å². The maximum absolute atomic E-state index is 11.2. The molecule has 4 nitrogen and oxygen atoms in total. The van der Waals surface area contributed by atoms with Gasteiger partial charge in [-0.05, 0) is 37.5 Å². The molecule has 0 saturated heterocycles. The highest BCUT2D eigenvalue weighted by Gasteiger charge is 2.30. The zero-order valence-electron chi connectivity index (χ0n) is 10.0. The molecule has 17 heavy (non-hydrogen) atoms. The van der Waals surface area contributed by atoms with Gasteiger partial charge in [-0.3, -0.25) is 0 Å². The molecule has 0 heterocycles. The molecule has 1 aliphatic carbocycles. The molecule has 3 N–H and O–H groups in total. The van der Waals surface area contributed by atoms with E-state index < -0.39 is 5.97 Å². The molecule has 0 aliphatic heterocycles. The lowest BCUT2D eigenvalue weighted by atomic mass is 10.1. The van der Waals surface area contributed by atoms with Crippen LogP contribution in [0.15, 0.2) is 18.2 Å². The number of nitrogens with zero attached hydrogens (tertiary/aromatic N) is 1. The van der Waals surface area contributed by atoms with Crippen LogP contribution < -0.4 is 10.6 Å². The van der Waals surface area contributed by atoms with E-state index in [1.54, 1.807) is 12.1 Å². The van der Waals surface area contributed by atoms with Gasteiger partial charge in [-0.25, -0.2) is 4.79 Å². The van der Waals surface area contributed by atoms with Crippen molar-refractivity contribution < 1.29 is 9.90 Å². The monoisotopic (exact) mass is 234 g/mol. The number of carbonyl (C=O) groups is 1. The molecule has 1 aromatic carbocycles. The fourth-order valence-electron chi connectivity index (χ4n) is 2.10. The van der Waals surface area contributed by atoms with E-state index in [-0.39, 0.29) is 0 Å². The minimum atomic E-state index is -0.908. The lowest BCUT2D eigenvalue weighted by Crippen LogP contribution is -2.28. The summed E-state index contributed by atoms with van der Waals surface area (Å²) < 4.78 is 0.